The highest BCUT2D eigenvalue weighted by atomic mass is 19.4. The number of carbonyl (C=O) groups excluding carboxylic acids is 1. The predicted molar refractivity (Wildman–Crippen MR) is 80.8 cm³/mol. The maximum Gasteiger partial charge on any atom is 0.411 e. The van der Waals surface area contributed by atoms with E-state index in [9.17, 15) is 23.1 Å². The number of nitrogens with one attached hydrogen (secondary N) is 1. The number of rotatable bonds is 5. The van der Waals surface area contributed by atoms with E-state index in [-0.39, 0.29) is 12.0 Å². The Morgan fingerprint density at radius 2 is 1.83 bits per heavy atom. The monoisotopic (exact) mass is 339 g/mol. The van der Waals surface area contributed by atoms with Gasteiger partial charge in [-0.15, -0.1) is 0 Å². The number of amides is 1. The van der Waals surface area contributed by atoms with E-state index in [1.165, 1.54) is 6.92 Å². The molecule has 1 rings (SSSR count). The third-order valence-corrected chi connectivity index (χ3v) is 4.60. The first-order valence-electron chi connectivity index (χ1n) is 8.01. The van der Waals surface area contributed by atoms with Crippen LogP contribution in [0.5, 0.6) is 0 Å². The summed E-state index contributed by atoms with van der Waals surface area (Å²) >= 11 is 0. The Kier molecular flexibility index (Phi) is 6.49. The van der Waals surface area contributed by atoms with Gasteiger partial charge in [0, 0.05) is 6.54 Å². The lowest BCUT2D eigenvalue weighted by molar-refractivity contribution is -0.186. The van der Waals surface area contributed by atoms with Gasteiger partial charge >= 0.3 is 6.18 Å². The molecule has 4 nitrogen and oxygen atoms in total. The molecule has 0 aromatic rings. The fourth-order valence-electron chi connectivity index (χ4n) is 2.89. The number of hydrogen-bond acceptors (Lipinski definition) is 3. The molecule has 0 saturated heterocycles. The smallest absolute Gasteiger partial charge is 0.388 e. The summed E-state index contributed by atoms with van der Waals surface area (Å²) in [5.74, 6) is -0.117. The van der Waals surface area contributed by atoms with E-state index < -0.39 is 30.4 Å². The molecule has 1 atom stereocenters. The summed E-state index contributed by atoms with van der Waals surface area (Å²) in [5, 5.41) is 13.0. The Morgan fingerprint density at radius 1 is 1.30 bits per heavy atom. The summed E-state index contributed by atoms with van der Waals surface area (Å²) in [7, 11) is 0. The maximum absolute atomic E-state index is 12.1. The van der Waals surface area contributed by atoms with Crippen molar-refractivity contribution in [1.82, 2.24) is 5.32 Å². The Balaban J connectivity index is 2.38. The van der Waals surface area contributed by atoms with Crippen LogP contribution in [0.25, 0.3) is 0 Å². The van der Waals surface area contributed by atoms with Gasteiger partial charge in [-0.25, -0.2) is 0 Å². The molecule has 0 heterocycles. The zero-order chi connectivity index (χ0) is 17.9. The fourth-order valence-corrected chi connectivity index (χ4v) is 2.89. The van der Waals surface area contributed by atoms with E-state index in [0.717, 1.165) is 12.8 Å². The molecule has 1 amide bonds. The number of halogens is 3. The van der Waals surface area contributed by atoms with E-state index in [1.54, 1.807) is 0 Å². The zero-order valence-corrected chi connectivity index (χ0v) is 14.3. The van der Waals surface area contributed by atoms with E-state index in [2.05, 4.69) is 30.8 Å². The summed E-state index contributed by atoms with van der Waals surface area (Å²) in [4.78, 5) is 11.8. The highest BCUT2D eigenvalue weighted by Crippen LogP contribution is 2.41. The van der Waals surface area contributed by atoms with E-state index in [0.29, 0.717) is 18.8 Å². The second-order valence-electron chi connectivity index (χ2n) is 7.65. The Bertz CT molecular complexity index is 396. The van der Waals surface area contributed by atoms with Crippen molar-refractivity contribution in [2.45, 2.75) is 71.3 Å². The number of alkyl halides is 3. The first-order chi connectivity index (χ1) is 10.3. The van der Waals surface area contributed by atoms with Crippen molar-refractivity contribution < 1.29 is 27.8 Å². The lowest BCUT2D eigenvalue weighted by atomic mass is 9.68. The highest BCUT2D eigenvalue weighted by Gasteiger charge is 2.38. The molecule has 1 aliphatic rings. The molecule has 1 unspecified atom stereocenters. The van der Waals surface area contributed by atoms with Crippen LogP contribution < -0.4 is 5.32 Å². The van der Waals surface area contributed by atoms with Crippen molar-refractivity contribution in [1.29, 1.82) is 0 Å². The molecule has 0 aromatic heterocycles. The molecule has 0 aliphatic heterocycles. The van der Waals surface area contributed by atoms with Gasteiger partial charge in [0.2, 0.25) is 5.91 Å². The van der Waals surface area contributed by atoms with Crippen LogP contribution in [-0.4, -0.2) is 42.0 Å². The Hall–Kier alpha value is -0.820. The average Bonchev–Trinajstić information content (AvgIpc) is 2.41. The van der Waals surface area contributed by atoms with Gasteiger partial charge < -0.3 is 15.2 Å². The topological polar surface area (TPSA) is 58.6 Å². The van der Waals surface area contributed by atoms with Crippen molar-refractivity contribution in [2.24, 2.45) is 11.3 Å². The summed E-state index contributed by atoms with van der Waals surface area (Å²) in [6.07, 6.45) is -2.77. The number of carbonyl (C=O) groups is 1. The third kappa shape index (κ3) is 7.08. The number of hydrogen-bond donors (Lipinski definition) is 2. The molecule has 2 N–H and O–H groups in total. The average molecular weight is 339 g/mol. The predicted octanol–water partition coefficient (Wildman–Crippen LogP) is 3.04. The molecule has 0 radical (unpaired) electrons. The van der Waals surface area contributed by atoms with Crippen LogP contribution in [0.4, 0.5) is 13.2 Å². The van der Waals surface area contributed by atoms with Gasteiger partial charge in [-0.1, -0.05) is 20.8 Å². The van der Waals surface area contributed by atoms with Gasteiger partial charge in [-0.05, 0) is 43.9 Å². The minimum Gasteiger partial charge on any atom is -0.388 e. The second kappa shape index (κ2) is 7.38. The van der Waals surface area contributed by atoms with Crippen LogP contribution in [0.2, 0.25) is 0 Å². The van der Waals surface area contributed by atoms with Crippen LogP contribution in [0.1, 0.15) is 53.4 Å². The first-order valence-corrected chi connectivity index (χ1v) is 8.01. The minimum absolute atomic E-state index is 0.0441. The third-order valence-electron chi connectivity index (χ3n) is 4.60. The molecule has 1 saturated carbocycles. The molecule has 0 bridgehead atoms. The van der Waals surface area contributed by atoms with Crippen LogP contribution in [0, 0.1) is 11.3 Å². The lowest BCUT2D eigenvalue weighted by Gasteiger charge is -2.41. The van der Waals surface area contributed by atoms with Gasteiger partial charge in [-0.2, -0.15) is 13.2 Å². The Labute approximate surface area is 135 Å². The SMILES string of the molecule is CC(OCC(F)(F)F)C(=O)NCC1(O)CCC(C(C)(C)C)CC1. The zero-order valence-electron chi connectivity index (χ0n) is 14.3. The van der Waals surface area contributed by atoms with Crippen LogP contribution >= 0.6 is 0 Å². The van der Waals surface area contributed by atoms with E-state index in [1.807, 2.05) is 0 Å². The van der Waals surface area contributed by atoms with Crippen molar-refractivity contribution in [2.75, 3.05) is 13.2 Å². The molecule has 0 spiro atoms. The molecule has 0 aromatic carbocycles. The largest absolute Gasteiger partial charge is 0.411 e. The van der Waals surface area contributed by atoms with Crippen molar-refractivity contribution in [3.05, 3.63) is 0 Å². The van der Waals surface area contributed by atoms with Gasteiger partial charge in [0.25, 0.3) is 0 Å². The van der Waals surface area contributed by atoms with Crippen molar-refractivity contribution in [3.8, 4) is 0 Å². The highest BCUT2D eigenvalue weighted by molar-refractivity contribution is 5.80. The Morgan fingerprint density at radius 3 is 2.26 bits per heavy atom. The van der Waals surface area contributed by atoms with Gasteiger partial charge in [0.1, 0.15) is 12.7 Å². The molecule has 136 valence electrons. The number of ether oxygens (including phenoxy) is 1. The summed E-state index contributed by atoms with van der Waals surface area (Å²) in [6.45, 7) is 6.36. The van der Waals surface area contributed by atoms with E-state index in [4.69, 9.17) is 0 Å². The number of aliphatic hydroxyl groups is 1. The van der Waals surface area contributed by atoms with Crippen LogP contribution in [-0.2, 0) is 9.53 Å². The minimum atomic E-state index is -4.46. The molecule has 1 aliphatic carbocycles. The normalized spacial score (nSPS) is 27.6. The molecule has 1 fully saturated rings. The molecular formula is C16H28F3NO3. The van der Waals surface area contributed by atoms with Gasteiger partial charge in [-0.3, -0.25) is 4.79 Å². The molecular weight excluding hydrogens is 311 g/mol. The molecule has 7 heteroatoms. The van der Waals surface area contributed by atoms with Crippen molar-refractivity contribution in [3.63, 3.8) is 0 Å². The summed E-state index contributed by atoms with van der Waals surface area (Å²) < 4.78 is 40.6. The van der Waals surface area contributed by atoms with Gasteiger partial charge in [0.05, 0.1) is 5.60 Å². The van der Waals surface area contributed by atoms with E-state index >= 15 is 0 Å². The lowest BCUT2D eigenvalue weighted by Crippen LogP contribution is -2.48. The fraction of sp³-hybridized carbons (Fsp3) is 0.938. The van der Waals surface area contributed by atoms with Crippen molar-refractivity contribution >= 4 is 5.91 Å². The first kappa shape index (κ1) is 20.2. The summed E-state index contributed by atoms with van der Waals surface area (Å²) in [5.41, 5.74) is -0.800. The summed E-state index contributed by atoms with van der Waals surface area (Å²) in [6, 6.07) is 0. The maximum atomic E-state index is 12.1. The second-order valence-corrected chi connectivity index (χ2v) is 7.65. The van der Waals surface area contributed by atoms with Gasteiger partial charge in [0.15, 0.2) is 0 Å². The quantitative estimate of drug-likeness (QED) is 0.809. The molecule has 23 heavy (non-hydrogen) atoms. The van der Waals surface area contributed by atoms with Crippen LogP contribution in [0.15, 0.2) is 0 Å². The van der Waals surface area contributed by atoms with Crippen LogP contribution in [0.3, 0.4) is 0 Å². The standard InChI is InChI=1S/C16H28F3NO3/c1-11(23-10-16(17,18)19)13(21)20-9-15(22)7-5-12(6-8-15)14(2,3)4/h11-12,22H,5-10H2,1-4H3,(H,20,21).